The molecule has 1 aliphatic rings. The summed E-state index contributed by atoms with van der Waals surface area (Å²) >= 11 is 0. The molecule has 0 aliphatic heterocycles. The van der Waals surface area contributed by atoms with Crippen molar-refractivity contribution in [3.05, 3.63) is 0 Å². The summed E-state index contributed by atoms with van der Waals surface area (Å²) in [5, 5.41) is 9.82. The van der Waals surface area contributed by atoms with E-state index >= 15 is 0 Å². The van der Waals surface area contributed by atoms with Crippen LogP contribution in [0, 0.1) is 23.7 Å². The van der Waals surface area contributed by atoms with Crippen molar-refractivity contribution in [1.29, 1.82) is 0 Å². The predicted molar refractivity (Wildman–Crippen MR) is 51.9 cm³/mol. The third-order valence-electron chi connectivity index (χ3n) is 3.40. The highest BCUT2D eigenvalue weighted by molar-refractivity contribution is 4.91. The van der Waals surface area contributed by atoms with Gasteiger partial charge in [-0.05, 0) is 30.1 Å². The van der Waals surface area contributed by atoms with E-state index in [9.17, 15) is 5.11 Å². The van der Waals surface area contributed by atoms with Gasteiger partial charge >= 0.3 is 0 Å². The minimum atomic E-state index is -0.0912. The van der Waals surface area contributed by atoms with Gasteiger partial charge in [0.15, 0.2) is 0 Å². The highest BCUT2D eigenvalue weighted by atomic mass is 16.3. The fourth-order valence-corrected chi connectivity index (χ4v) is 2.24. The van der Waals surface area contributed by atoms with Crippen molar-refractivity contribution in [3.63, 3.8) is 0 Å². The number of hydrogen-bond donors (Lipinski definition) is 1. The molecule has 4 unspecified atom stereocenters. The summed E-state index contributed by atoms with van der Waals surface area (Å²) in [5.41, 5.74) is 0. The van der Waals surface area contributed by atoms with Crippen LogP contribution in [-0.2, 0) is 0 Å². The quantitative estimate of drug-likeness (QED) is 0.687. The lowest BCUT2D eigenvalue weighted by Crippen LogP contribution is -2.25. The van der Waals surface area contributed by atoms with Crippen LogP contribution in [-0.4, -0.2) is 11.2 Å². The Morgan fingerprint density at radius 1 is 1.33 bits per heavy atom. The predicted octanol–water partition coefficient (Wildman–Crippen LogP) is 2.69. The van der Waals surface area contributed by atoms with E-state index in [0.29, 0.717) is 11.8 Å². The molecule has 0 bridgehead atoms. The second kappa shape index (κ2) is 3.78. The van der Waals surface area contributed by atoms with E-state index in [0.717, 1.165) is 11.8 Å². The first-order valence-electron chi connectivity index (χ1n) is 5.26. The van der Waals surface area contributed by atoms with Crippen molar-refractivity contribution in [1.82, 2.24) is 0 Å². The smallest absolute Gasteiger partial charge is 0.0591 e. The molecule has 1 heteroatoms. The number of aliphatic hydroxyl groups is 1. The Balaban J connectivity index is 2.34. The van der Waals surface area contributed by atoms with Gasteiger partial charge in [0.25, 0.3) is 0 Å². The highest BCUT2D eigenvalue weighted by Gasteiger charge is 2.42. The molecule has 0 spiro atoms. The molecule has 1 saturated carbocycles. The van der Waals surface area contributed by atoms with Crippen LogP contribution in [0.3, 0.4) is 0 Å². The largest absolute Gasteiger partial charge is 0.393 e. The zero-order valence-electron chi connectivity index (χ0n) is 8.75. The Bertz CT molecular complexity index is 142. The van der Waals surface area contributed by atoms with Crippen LogP contribution in [0.5, 0.6) is 0 Å². The maximum absolute atomic E-state index is 9.82. The summed E-state index contributed by atoms with van der Waals surface area (Å²) < 4.78 is 0. The van der Waals surface area contributed by atoms with E-state index in [-0.39, 0.29) is 6.10 Å². The third kappa shape index (κ3) is 2.01. The zero-order valence-corrected chi connectivity index (χ0v) is 8.75. The lowest BCUT2D eigenvalue weighted by atomic mass is 9.90. The van der Waals surface area contributed by atoms with Gasteiger partial charge in [-0.25, -0.2) is 0 Å². The fraction of sp³-hybridized carbons (Fsp3) is 1.00. The second-order valence-corrected chi connectivity index (χ2v) is 4.66. The average molecular weight is 170 g/mol. The molecule has 4 atom stereocenters. The summed E-state index contributed by atoms with van der Waals surface area (Å²) in [4.78, 5) is 0. The standard InChI is InChI=1S/C11H22O/c1-5-9-6-10(9)8(4)11(12)7(2)3/h7-12H,5-6H2,1-4H3. The Hall–Kier alpha value is -0.0400. The van der Waals surface area contributed by atoms with Gasteiger partial charge in [0.2, 0.25) is 0 Å². The molecule has 72 valence electrons. The van der Waals surface area contributed by atoms with E-state index < -0.39 is 0 Å². The van der Waals surface area contributed by atoms with Gasteiger partial charge in [0.1, 0.15) is 0 Å². The molecular formula is C11H22O. The molecule has 1 rings (SSSR count). The van der Waals surface area contributed by atoms with E-state index in [1.165, 1.54) is 12.8 Å². The van der Waals surface area contributed by atoms with Crippen LogP contribution in [0.15, 0.2) is 0 Å². The number of aliphatic hydroxyl groups excluding tert-OH is 1. The molecule has 0 radical (unpaired) electrons. The van der Waals surface area contributed by atoms with Gasteiger partial charge in [-0.3, -0.25) is 0 Å². The molecular weight excluding hydrogens is 148 g/mol. The molecule has 0 amide bonds. The Labute approximate surface area is 76.2 Å². The van der Waals surface area contributed by atoms with Crippen LogP contribution in [0.4, 0.5) is 0 Å². The van der Waals surface area contributed by atoms with Crippen molar-refractivity contribution >= 4 is 0 Å². The van der Waals surface area contributed by atoms with Crippen LogP contribution in [0.2, 0.25) is 0 Å². The third-order valence-corrected chi connectivity index (χ3v) is 3.40. The summed E-state index contributed by atoms with van der Waals surface area (Å²) in [7, 11) is 0. The highest BCUT2D eigenvalue weighted by Crippen LogP contribution is 2.48. The summed E-state index contributed by atoms with van der Waals surface area (Å²) in [6.07, 6.45) is 2.55. The molecule has 1 nitrogen and oxygen atoms in total. The molecule has 1 N–H and O–H groups in total. The Morgan fingerprint density at radius 2 is 1.92 bits per heavy atom. The van der Waals surface area contributed by atoms with Gasteiger partial charge in [0.05, 0.1) is 6.10 Å². The summed E-state index contributed by atoms with van der Waals surface area (Å²) in [6, 6.07) is 0. The summed E-state index contributed by atoms with van der Waals surface area (Å²) in [6.45, 7) is 8.65. The van der Waals surface area contributed by atoms with E-state index in [2.05, 4.69) is 27.7 Å². The zero-order chi connectivity index (χ0) is 9.30. The Morgan fingerprint density at radius 3 is 2.25 bits per heavy atom. The van der Waals surface area contributed by atoms with Crippen molar-refractivity contribution < 1.29 is 5.11 Å². The normalized spacial score (nSPS) is 33.5. The maximum atomic E-state index is 9.82. The summed E-state index contributed by atoms with van der Waals surface area (Å²) in [5.74, 6) is 2.65. The molecule has 12 heavy (non-hydrogen) atoms. The first kappa shape index (κ1) is 10.0. The van der Waals surface area contributed by atoms with Crippen molar-refractivity contribution in [3.8, 4) is 0 Å². The molecule has 1 fully saturated rings. The molecule has 1 aliphatic carbocycles. The van der Waals surface area contributed by atoms with Gasteiger partial charge in [0, 0.05) is 0 Å². The van der Waals surface area contributed by atoms with Crippen LogP contribution >= 0.6 is 0 Å². The minimum absolute atomic E-state index is 0.0912. The first-order chi connectivity index (χ1) is 5.57. The van der Waals surface area contributed by atoms with E-state index in [4.69, 9.17) is 0 Å². The molecule has 0 aromatic rings. The van der Waals surface area contributed by atoms with E-state index in [1.54, 1.807) is 0 Å². The van der Waals surface area contributed by atoms with Gasteiger partial charge in [-0.15, -0.1) is 0 Å². The molecule has 0 saturated heterocycles. The van der Waals surface area contributed by atoms with Crippen LogP contribution < -0.4 is 0 Å². The monoisotopic (exact) mass is 170 g/mol. The Kier molecular flexibility index (Phi) is 3.16. The average Bonchev–Trinajstić information content (AvgIpc) is 2.80. The first-order valence-corrected chi connectivity index (χ1v) is 5.26. The fourth-order valence-electron chi connectivity index (χ4n) is 2.24. The van der Waals surface area contributed by atoms with Crippen LogP contribution in [0.1, 0.15) is 40.5 Å². The van der Waals surface area contributed by atoms with Crippen molar-refractivity contribution in [2.75, 3.05) is 0 Å². The van der Waals surface area contributed by atoms with Crippen molar-refractivity contribution in [2.24, 2.45) is 23.7 Å². The second-order valence-electron chi connectivity index (χ2n) is 4.66. The van der Waals surface area contributed by atoms with Gasteiger partial charge in [-0.1, -0.05) is 34.1 Å². The molecule has 0 heterocycles. The lowest BCUT2D eigenvalue weighted by molar-refractivity contribution is 0.0599. The number of hydrogen-bond acceptors (Lipinski definition) is 1. The van der Waals surface area contributed by atoms with Gasteiger partial charge in [-0.2, -0.15) is 0 Å². The van der Waals surface area contributed by atoms with Gasteiger partial charge < -0.3 is 5.11 Å². The van der Waals surface area contributed by atoms with E-state index in [1.807, 2.05) is 0 Å². The molecule has 0 aromatic heterocycles. The topological polar surface area (TPSA) is 20.2 Å². The van der Waals surface area contributed by atoms with Crippen molar-refractivity contribution in [2.45, 2.75) is 46.6 Å². The van der Waals surface area contributed by atoms with Crippen LogP contribution in [0.25, 0.3) is 0 Å². The minimum Gasteiger partial charge on any atom is -0.393 e. The SMILES string of the molecule is CCC1CC1C(C)C(O)C(C)C. The maximum Gasteiger partial charge on any atom is 0.0591 e. The molecule has 0 aromatic carbocycles. The number of rotatable bonds is 4. The lowest BCUT2D eigenvalue weighted by Gasteiger charge is -2.22.